The summed E-state index contributed by atoms with van der Waals surface area (Å²) >= 11 is 1.28. The minimum Gasteiger partial charge on any atom is -0.503 e. The van der Waals surface area contributed by atoms with Crippen molar-refractivity contribution in [2.24, 2.45) is 0 Å². The molecule has 142 valence electrons. The third-order valence-electron chi connectivity index (χ3n) is 4.26. The number of hydrogen-bond acceptors (Lipinski definition) is 6. The van der Waals surface area contributed by atoms with Crippen LogP contribution in [-0.4, -0.2) is 45.9 Å². The van der Waals surface area contributed by atoms with E-state index in [1.807, 2.05) is 13.8 Å². The summed E-state index contributed by atoms with van der Waals surface area (Å²) in [4.78, 5) is 32.0. The number of carbonyl (C=O) groups excluding carboxylic acids is 2. The number of aliphatic hydroxyl groups is 1. The Morgan fingerprint density at radius 3 is 2.78 bits per heavy atom. The molecule has 2 aromatic rings. The molecule has 0 spiro atoms. The highest BCUT2D eigenvalue weighted by Gasteiger charge is 2.44. The number of ether oxygens (including phenoxy) is 1. The maximum Gasteiger partial charge on any atom is 0.290 e. The van der Waals surface area contributed by atoms with Crippen LogP contribution in [0.1, 0.15) is 41.7 Å². The van der Waals surface area contributed by atoms with Crippen molar-refractivity contribution in [3.05, 3.63) is 63.8 Å². The van der Waals surface area contributed by atoms with E-state index < -0.39 is 17.7 Å². The predicted octanol–water partition coefficient (Wildman–Crippen LogP) is 3.54. The van der Waals surface area contributed by atoms with Crippen LogP contribution >= 0.6 is 11.3 Å². The Hall–Kier alpha value is -2.51. The molecule has 0 bridgehead atoms. The standard InChI is InChI=1S/C20H22N2O4S/c1-13(2)26-11-6-10-22-17(14-7-3-4-9-21-14)16(19(24)20(22)25)18(23)15-8-5-12-27-15/h3-5,7-9,12-13,17,24H,6,10-11H2,1-2H3/t17-/m1/s1. The van der Waals surface area contributed by atoms with E-state index in [1.165, 1.54) is 16.2 Å². The number of aliphatic hydroxyl groups excluding tert-OH is 1. The van der Waals surface area contributed by atoms with Crippen molar-refractivity contribution in [1.29, 1.82) is 0 Å². The number of rotatable bonds is 8. The van der Waals surface area contributed by atoms with Crippen molar-refractivity contribution in [2.75, 3.05) is 13.2 Å². The van der Waals surface area contributed by atoms with Crippen LogP contribution in [-0.2, 0) is 9.53 Å². The van der Waals surface area contributed by atoms with Gasteiger partial charge in [0.2, 0.25) is 5.78 Å². The first-order chi connectivity index (χ1) is 13.0. The van der Waals surface area contributed by atoms with Crippen molar-refractivity contribution in [2.45, 2.75) is 32.4 Å². The molecule has 0 saturated heterocycles. The van der Waals surface area contributed by atoms with Crippen LogP contribution in [0.3, 0.4) is 0 Å². The molecule has 0 saturated carbocycles. The summed E-state index contributed by atoms with van der Waals surface area (Å²) in [6, 6.07) is 8.08. The number of nitrogens with zero attached hydrogens (tertiary/aromatic N) is 2. The van der Waals surface area contributed by atoms with Crippen molar-refractivity contribution in [1.82, 2.24) is 9.88 Å². The van der Waals surface area contributed by atoms with E-state index >= 15 is 0 Å². The van der Waals surface area contributed by atoms with Gasteiger partial charge in [-0.15, -0.1) is 11.3 Å². The maximum atomic E-state index is 13.0. The number of Topliss-reactive ketones (excluding diaryl/α,β-unsaturated/α-hetero) is 1. The number of hydrogen-bond donors (Lipinski definition) is 1. The van der Waals surface area contributed by atoms with E-state index in [0.29, 0.717) is 30.1 Å². The Balaban J connectivity index is 1.91. The highest BCUT2D eigenvalue weighted by molar-refractivity contribution is 7.12. The summed E-state index contributed by atoms with van der Waals surface area (Å²) in [7, 11) is 0. The van der Waals surface area contributed by atoms with Crippen LogP contribution in [0.4, 0.5) is 0 Å². The lowest BCUT2D eigenvalue weighted by atomic mass is 9.99. The van der Waals surface area contributed by atoms with Gasteiger partial charge in [-0.25, -0.2) is 0 Å². The number of carbonyl (C=O) groups is 2. The molecule has 27 heavy (non-hydrogen) atoms. The Labute approximate surface area is 162 Å². The predicted molar refractivity (Wildman–Crippen MR) is 103 cm³/mol. The molecule has 0 aliphatic carbocycles. The first-order valence-corrected chi connectivity index (χ1v) is 9.73. The molecule has 1 amide bonds. The molecule has 6 nitrogen and oxygen atoms in total. The average Bonchev–Trinajstić information content (AvgIpc) is 3.28. The van der Waals surface area contributed by atoms with E-state index in [-0.39, 0.29) is 17.5 Å². The number of thiophene rings is 1. The molecule has 2 aromatic heterocycles. The van der Waals surface area contributed by atoms with Gasteiger partial charge in [0.05, 0.1) is 22.2 Å². The van der Waals surface area contributed by atoms with Gasteiger partial charge in [-0.2, -0.15) is 0 Å². The summed E-state index contributed by atoms with van der Waals surface area (Å²) in [6.45, 7) is 4.75. The van der Waals surface area contributed by atoms with E-state index in [9.17, 15) is 14.7 Å². The number of aromatic nitrogens is 1. The van der Waals surface area contributed by atoms with Crippen LogP contribution in [0.15, 0.2) is 53.2 Å². The van der Waals surface area contributed by atoms with Gasteiger partial charge in [0.15, 0.2) is 5.76 Å². The monoisotopic (exact) mass is 386 g/mol. The molecule has 7 heteroatoms. The van der Waals surface area contributed by atoms with Crippen molar-refractivity contribution in [3.8, 4) is 0 Å². The van der Waals surface area contributed by atoms with Crippen LogP contribution in [0, 0.1) is 0 Å². The molecule has 1 aliphatic rings. The first-order valence-electron chi connectivity index (χ1n) is 8.85. The number of ketones is 1. The minimum atomic E-state index is -0.702. The zero-order valence-electron chi connectivity index (χ0n) is 15.3. The summed E-state index contributed by atoms with van der Waals surface area (Å²) in [6.07, 6.45) is 2.32. The summed E-state index contributed by atoms with van der Waals surface area (Å²) in [5, 5.41) is 12.3. The Kier molecular flexibility index (Phi) is 6.03. The summed E-state index contributed by atoms with van der Waals surface area (Å²) in [5.74, 6) is -1.38. The van der Waals surface area contributed by atoms with Gasteiger partial charge in [0.1, 0.15) is 6.04 Å². The fourth-order valence-corrected chi connectivity index (χ4v) is 3.73. The molecular weight excluding hydrogens is 364 g/mol. The largest absolute Gasteiger partial charge is 0.503 e. The fraction of sp³-hybridized carbons (Fsp3) is 0.350. The van der Waals surface area contributed by atoms with Gasteiger partial charge in [-0.3, -0.25) is 14.6 Å². The summed E-state index contributed by atoms with van der Waals surface area (Å²) in [5.41, 5.74) is 0.644. The Morgan fingerprint density at radius 2 is 2.15 bits per heavy atom. The molecule has 0 fully saturated rings. The van der Waals surface area contributed by atoms with Crippen LogP contribution < -0.4 is 0 Å². The molecule has 1 aliphatic heterocycles. The van der Waals surface area contributed by atoms with Crippen LogP contribution in [0.25, 0.3) is 0 Å². The second-order valence-corrected chi connectivity index (χ2v) is 7.45. The van der Waals surface area contributed by atoms with Gasteiger partial charge < -0.3 is 14.7 Å². The number of pyridine rings is 1. The third-order valence-corrected chi connectivity index (χ3v) is 5.12. The summed E-state index contributed by atoms with van der Waals surface area (Å²) < 4.78 is 5.54. The molecule has 3 heterocycles. The van der Waals surface area contributed by atoms with E-state index in [2.05, 4.69) is 4.98 Å². The zero-order valence-corrected chi connectivity index (χ0v) is 16.1. The molecule has 0 aromatic carbocycles. The van der Waals surface area contributed by atoms with Gasteiger partial charge in [0, 0.05) is 19.3 Å². The Morgan fingerprint density at radius 1 is 1.33 bits per heavy atom. The average molecular weight is 386 g/mol. The van der Waals surface area contributed by atoms with E-state index in [1.54, 1.807) is 41.9 Å². The lowest BCUT2D eigenvalue weighted by molar-refractivity contribution is -0.129. The first kappa shape index (κ1) is 19.3. The maximum absolute atomic E-state index is 13.0. The third kappa shape index (κ3) is 4.09. The van der Waals surface area contributed by atoms with Crippen molar-refractivity contribution in [3.63, 3.8) is 0 Å². The quantitative estimate of drug-likeness (QED) is 0.554. The smallest absolute Gasteiger partial charge is 0.290 e. The highest BCUT2D eigenvalue weighted by atomic mass is 32.1. The number of amides is 1. The van der Waals surface area contributed by atoms with Crippen LogP contribution in [0.5, 0.6) is 0 Å². The fourth-order valence-electron chi connectivity index (χ4n) is 3.06. The minimum absolute atomic E-state index is 0.0888. The van der Waals surface area contributed by atoms with Gasteiger partial charge in [0.25, 0.3) is 5.91 Å². The van der Waals surface area contributed by atoms with Gasteiger partial charge in [-0.1, -0.05) is 12.1 Å². The molecule has 0 radical (unpaired) electrons. The molecule has 0 unspecified atom stereocenters. The second-order valence-electron chi connectivity index (χ2n) is 6.50. The molecule has 1 atom stereocenters. The van der Waals surface area contributed by atoms with Gasteiger partial charge >= 0.3 is 0 Å². The van der Waals surface area contributed by atoms with Crippen molar-refractivity contribution < 1.29 is 19.4 Å². The molecular formula is C20H22N2O4S. The van der Waals surface area contributed by atoms with E-state index in [4.69, 9.17) is 4.74 Å². The van der Waals surface area contributed by atoms with Crippen molar-refractivity contribution >= 4 is 23.0 Å². The molecule has 3 rings (SSSR count). The normalized spacial score (nSPS) is 17.2. The van der Waals surface area contributed by atoms with Crippen LogP contribution in [0.2, 0.25) is 0 Å². The highest BCUT2D eigenvalue weighted by Crippen LogP contribution is 2.38. The zero-order chi connectivity index (χ0) is 19.4. The topological polar surface area (TPSA) is 79.7 Å². The molecule has 1 N–H and O–H groups in total. The SMILES string of the molecule is CC(C)OCCCN1C(=O)C(O)=C(C(=O)c2cccs2)[C@H]1c1ccccn1. The second kappa shape index (κ2) is 8.45. The van der Waals surface area contributed by atoms with Gasteiger partial charge in [-0.05, 0) is 43.8 Å². The van der Waals surface area contributed by atoms with E-state index in [0.717, 1.165) is 0 Å². The lowest BCUT2D eigenvalue weighted by Gasteiger charge is -2.26. The lowest BCUT2D eigenvalue weighted by Crippen LogP contribution is -2.33. The Bertz CT molecular complexity index is 831.